The highest BCUT2D eigenvalue weighted by Crippen LogP contribution is 2.23. The number of aliphatic carboxylic acids is 1. The standard InChI is InChI=1S/C19H22N2O5S/c1-12-6-4-5-7-15(12)17(11-18(22)23)20-19(24)14-9-8-13(2)16(10-14)21-27(3,25)26/h4-10,17,21H,11H2,1-3H3,(H,20,24)(H,22,23). The van der Waals surface area contributed by atoms with Crippen molar-refractivity contribution in [3.63, 3.8) is 0 Å². The number of nitrogens with one attached hydrogen (secondary N) is 2. The number of carboxylic acids is 1. The van der Waals surface area contributed by atoms with Gasteiger partial charge in [0.15, 0.2) is 0 Å². The third-order valence-corrected chi connectivity index (χ3v) is 4.63. The van der Waals surface area contributed by atoms with Crippen LogP contribution in [0.25, 0.3) is 0 Å². The molecule has 8 heteroatoms. The van der Waals surface area contributed by atoms with Gasteiger partial charge in [-0.3, -0.25) is 14.3 Å². The molecule has 0 aliphatic rings. The lowest BCUT2D eigenvalue weighted by Crippen LogP contribution is -2.30. The molecule has 0 spiro atoms. The minimum absolute atomic E-state index is 0.232. The molecule has 3 N–H and O–H groups in total. The summed E-state index contributed by atoms with van der Waals surface area (Å²) in [7, 11) is -3.49. The van der Waals surface area contributed by atoms with Crippen LogP contribution < -0.4 is 10.0 Å². The normalized spacial score (nSPS) is 12.3. The van der Waals surface area contributed by atoms with Crippen LogP contribution in [-0.4, -0.2) is 31.7 Å². The van der Waals surface area contributed by atoms with Crippen molar-refractivity contribution >= 4 is 27.6 Å². The first-order chi connectivity index (χ1) is 12.6. The molecule has 0 bridgehead atoms. The Kier molecular flexibility index (Phi) is 6.22. The molecule has 27 heavy (non-hydrogen) atoms. The Morgan fingerprint density at radius 1 is 1.07 bits per heavy atom. The van der Waals surface area contributed by atoms with Crippen molar-refractivity contribution in [1.82, 2.24) is 5.32 Å². The summed E-state index contributed by atoms with van der Waals surface area (Å²) < 4.78 is 25.3. The van der Waals surface area contributed by atoms with Gasteiger partial charge in [0.2, 0.25) is 10.0 Å². The molecule has 1 unspecified atom stereocenters. The van der Waals surface area contributed by atoms with Crippen molar-refractivity contribution in [3.05, 3.63) is 64.7 Å². The third-order valence-electron chi connectivity index (χ3n) is 4.04. The van der Waals surface area contributed by atoms with Crippen molar-refractivity contribution in [3.8, 4) is 0 Å². The van der Waals surface area contributed by atoms with E-state index in [2.05, 4.69) is 10.0 Å². The zero-order chi connectivity index (χ0) is 20.2. The van der Waals surface area contributed by atoms with Gasteiger partial charge in [0, 0.05) is 5.56 Å². The number of sulfonamides is 1. The first-order valence-corrected chi connectivity index (χ1v) is 10.1. The Labute approximate surface area is 158 Å². The predicted octanol–water partition coefficient (Wildman–Crippen LogP) is 2.62. The summed E-state index contributed by atoms with van der Waals surface area (Å²) in [6.07, 6.45) is 0.761. The van der Waals surface area contributed by atoms with Gasteiger partial charge in [0.1, 0.15) is 0 Å². The van der Waals surface area contributed by atoms with Crippen LogP contribution in [0.4, 0.5) is 5.69 Å². The highest BCUT2D eigenvalue weighted by molar-refractivity contribution is 7.92. The molecule has 1 amide bonds. The Hall–Kier alpha value is -2.87. The molecule has 0 aromatic heterocycles. The lowest BCUT2D eigenvalue weighted by molar-refractivity contribution is -0.137. The number of benzene rings is 2. The molecular weight excluding hydrogens is 368 g/mol. The van der Waals surface area contributed by atoms with Gasteiger partial charge in [0.05, 0.1) is 24.4 Å². The highest BCUT2D eigenvalue weighted by Gasteiger charge is 2.21. The predicted molar refractivity (Wildman–Crippen MR) is 103 cm³/mol. The van der Waals surface area contributed by atoms with Crippen LogP contribution in [0.15, 0.2) is 42.5 Å². The zero-order valence-corrected chi connectivity index (χ0v) is 16.1. The molecule has 0 aliphatic heterocycles. The van der Waals surface area contributed by atoms with Crippen LogP contribution in [0.3, 0.4) is 0 Å². The van der Waals surface area contributed by atoms with Gasteiger partial charge in [-0.2, -0.15) is 0 Å². The van der Waals surface area contributed by atoms with Crippen LogP contribution >= 0.6 is 0 Å². The van der Waals surface area contributed by atoms with Crippen LogP contribution in [-0.2, 0) is 14.8 Å². The summed E-state index contributed by atoms with van der Waals surface area (Å²) in [5.74, 6) is -1.52. The molecule has 7 nitrogen and oxygen atoms in total. The fourth-order valence-corrected chi connectivity index (χ4v) is 3.33. The van der Waals surface area contributed by atoms with Crippen molar-refractivity contribution in [2.24, 2.45) is 0 Å². The quantitative estimate of drug-likeness (QED) is 0.673. The SMILES string of the molecule is Cc1ccc(C(=O)NC(CC(=O)O)c2ccccc2C)cc1NS(C)(=O)=O. The van der Waals surface area contributed by atoms with Crippen molar-refractivity contribution < 1.29 is 23.1 Å². The molecule has 0 heterocycles. The molecule has 144 valence electrons. The van der Waals surface area contributed by atoms with E-state index in [4.69, 9.17) is 0 Å². The summed E-state index contributed by atoms with van der Waals surface area (Å²) in [6, 6.07) is 11.2. The number of carbonyl (C=O) groups is 2. The molecule has 0 fully saturated rings. The summed E-state index contributed by atoms with van der Waals surface area (Å²) in [5, 5.41) is 11.9. The fourth-order valence-electron chi connectivity index (χ4n) is 2.71. The van der Waals surface area contributed by atoms with Gasteiger partial charge in [-0.1, -0.05) is 30.3 Å². The molecule has 2 aromatic carbocycles. The second-order valence-electron chi connectivity index (χ2n) is 6.38. The number of rotatable bonds is 7. The van der Waals surface area contributed by atoms with E-state index in [1.807, 2.05) is 19.1 Å². The van der Waals surface area contributed by atoms with Gasteiger partial charge in [-0.15, -0.1) is 0 Å². The topological polar surface area (TPSA) is 113 Å². The molecular formula is C19H22N2O5S. The third kappa shape index (κ3) is 5.82. The van der Waals surface area contributed by atoms with Gasteiger partial charge < -0.3 is 10.4 Å². The second kappa shape index (κ2) is 8.22. The average molecular weight is 390 g/mol. The summed E-state index contributed by atoms with van der Waals surface area (Å²) in [5.41, 5.74) is 2.78. The average Bonchev–Trinajstić information content (AvgIpc) is 2.55. The number of amides is 1. The van der Waals surface area contributed by atoms with E-state index < -0.39 is 27.9 Å². The zero-order valence-electron chi connectivity index (χ0n) is 15.3. The monoisotopic (exact) mass is 390 g/mol. The van der Waals surface area contributed by atoms with Gasteiger partial charge in [0.25, 0.3) is 5.91 Å². The van der Waals surface area contributed by atoms with Gasteiger partial charge in [-0.05, 0) is 42.7 Å². The van der Waals surface area contributed by atoms with Gasteiger partial charge in [-0.25, -0.2) is 8.42 Å². The summed E-state index contributed by atoms with van der Waals surface area (Å²) >= 11 is 0. The molecule has 2 aromatic rings. The fraction of sp³-hybridized carbons (Fsp3) is 0.263. The molecule has 0 saturated carbocycles. The molecule has 0 saturated heterocycles. The number of carbonyl (C=O) groups excluding carboxylic acids is 1. The maximum Gasteiger partial charge on any atom is 0.305 e. The molecule has 0 radical (unpaired) electrons. The first kappa shape index (κ1) is 20.4. The lowest BCUT2D eigenvalue weighted by atomic mass is 9.98. The molecule has 1 atom stereocenters. The number of aryl methyl sites for hydroxylation is 2. The number of anilines is 1. The van der Waals surface area contributed by atoms with E-state index in [-0.39, 0.29) is 12.0 Å². The molecule has 0 aliphatic carbocycles. The lowest BCUT2D eigenvalue weighted by Gasteiger charge is -2.20. The van der Waals surface area contributed by atoms with Crippen molar-refractivity contribution in [1.29, 1.82) is 0 Å². The number of hydrogen-bond donors (Lipinski definition) is 3. The summed E-state index contributed by atoms with van der Waals surface area (Å²) in [6.45, 7) is 3.56. The first-order valence-electron chi connectivity index (χ1n) is 8.23. The molecule has 2 rings (SSSR count). The van der Waals surface area contributed by atoms with E-state index in [0.717, 1.165) is 17.4 Å². The maximum absolute atomic E-state index is 12.7. The van der Waals surface area contributed by atoms with E-state index in [9.17, 15) is 23.1 Å². The Balaban J connectivity index is 2.31. The largest absolute Gasteiger partial charge is 0.481 e. The number of hydrogen-bond acceptors (Lipinski definition) is 4. The van der Waals surface area contributed by atoms with Crippen molar-refractivity contribution in [2.75, 3.05) is 11.0 Å². The number of carboxylic acid groups (broad SMARTS) is 1. The van der Waals surface area contributed by atoms with E-state index in [0.29, 0.717) is 11.3 Å². The van der Waals surface area contributed by atoms with E-state index in [1.54, 1.807) is 31.2 Å². The van der Waals surface area contributed by atoms with Crippen LogP contribution in [0.2, 0.25) is 0 Å². The van der Waals surface area contributed by atoms with Crippen LogP contribution in [0.1, 0.15) is 39.5 Å². The Morgan fingerprint density at radius 3 is 2.33 bits per heavy atom. The van der Waals surface area contributed by atoms with Gasteiger partial charge >= 0.3 is 5.97 Å². The van der Waals surface area contributed by atoms with Crippen LogP contribution in [0, 0.1) is 13.8 Å². The smallest absolute Gasteiger partial charge is 0.305 e. The maximum atomic E-state index is 12.7. The van der Waals surface area contributed by atoms with E-state index in [1.165, 1.54) is 6.07 Å². The summed E-state index contributed by atoms with van der Waals surface area (Å²) in [4.78, 5) is 23.9. The Bertz CT molecular complexity index is 970. The highest BCUT2D eigenvalue weighted by atomic mass is 32.2. The second-order valence-corrected chi connectivity index (χ2v) is 8.13. The van der Waals surface area contributed by atoms with Crippen LogP contribution in [0.5, 0.6) is 0 Å². The Morgan fingerprint density at radius 2 is 1.74 bits per heavy atom. The van der Waals surface area contributed by atoms with Crippen molar-refractivity contribution in [2.45, 2.75) is 26.3 Å². The minimum atomic E-state index is -3.49. The van der Waals surface area contributed by atoms with E-state index >= 15 is 0 Å². The minimum Gasteiger partial charge on any atom is -0.481 e.